The molecule has 0 amide bonds. The summed E-state index contributed by atoms with van der Waals surface area (Å²) in [5.74, 6) is -0.628. The maximum Gasteiger partial charge on any atom is 0.310 e. The number of rotatable bonds is 6. The van der Waals surface area contributed by atoms with E-state index in [4.69, 9.17) is 0 Å². The fraction of sp³-hybridized carbons (Fsp3) is 0.625. The van der Waals surface area contributed by atoms with Gasteiger partial charge in [-0.3, -0.25) is 14.7 Å². The molecule has 0 bridgehead atoms. The van der Waals surface area contributed by atoms with E-state index in [2.05, 4.69) is 16.8 Å². The van der Waals surface area contributed by atoms with Crippen molar-refractivity contribution < 1.29 is 9.90 Å². The molecule has 0 aliphatic heterocycles. The van der Waals surface area contributed by atoms with Crippen LogP contribution in [0.5, 0.6) is 0 Å². The number of aliphatic carboxylic acids is 1. The highest BCUT2D eigenvalue weighted by molar-refractivity contribution is 5.75. The number of carbonyl (C=O) groups is 1. The molecule has 4 heteroatoms. The maximum absolute atomic E-state index is 11.7. The Kier molecular flexibility index (Phi) is 5.12. The monoisotopic (exact) mass is 276 g/mol. The van der Waals surface area contributed by atoms with Crippen molar-refractivity contribution in [2.45, 2.75) is 45.6 Å². The SMILES string of the molecule is CCN(Cc1ccccn1)CC1(C(=O)O)CCCCC1. The largest absolute Gasteiger partial charge is 0.481 e. The molecule has 20 heavy (non-hydrogen) atoms. The second-order valence-corrected chi connectivity index (χ2v) is 5.77. The quantitative estimate of drug-likeness (QED) is 0.868. The first-order valence-electron chi connectivity index (χ1n) is 7.52. The molecule has 1 fully saturated rings. The van der Waals surface area contributed by atoms with Crippen LogP contribution in [0.1, 0.15) is 44.7 Å². The molecule has 110 valence electrons. The van der Waals surface area contributed by atoms with Gasteiger partial charge in [0.25, 0.3) is 0 Å². The van der Waals surface area contributed by atoms with Crippen LogP contribution in [0.15, 0.2) is 24.4 Å². The third kappa shape index (κ3) is 3.57. The normalized spacial score (nSPS) is 18.1. The number of carboxylic acids is 1. The van der Waals surface area contributed by atoms with E-state index >= 15 is 0 Å². The topological polar surface area (TPSA) is 53.4 Å². The number of hydrogen-bond acceptors (Lipinski definition) is 3. The van der Waals surface area contributed by atoms with E-state index in [1.165, 1.54) is 6.42 Å². The molecule has 2 rings (SSSR count). The number of pyridine rings is 1. The number of hydrogen-bond donors (Lipinski definition) is 1. The predicted octanol–water partition coefficient (Wildman–Crippen LogP) is 2.94. The van der Waals surface area contributed by atoms with E-state index in [-0.39, 0.29) is 0 Å². The Morgan fingerprint density at radius 3 is 2.65 bits per heavy atom. The first-order chi connectivity index (χ1) is 9.66. The van der Waals surface area contributed by atoms with Crippen LogP contribution < -0.4 is 0 Å². The van der Waals surface area contributed by atoms with E-state index < -0.39 is 11.4 Å². The molecular weight excluding hydrogens is 252 g/mol. The van der Waals surface area contributed by atoms with Crippen molar-refractivity contribution in [3.63, 3.8) is 0 Å². The Hall–Kier alpha value is -1.42. The lowest BCUT2D eigenvalue weighted by Crippen LogP contribution is -2.44. The highest BCUT2D eigenvalue weighted by atomic mass is 16.4. The van der Waals surface area contributed by atoms with Crippen molar-refractivity contribution >= 4 is 5.97 Å². The Morgan fingerprint density at radius 1 is 1.35 bits per heavy atom. The molecule has 1 heterocycles. The molecule has 0 spiro atoms. The molecule has 1 aliphatic carbocycles. The van der Waals surface area contributed by atoms with Crippen molar-refractivity contribution in [3.8, 4) is 0 Å². The number of nitrogens with zero attached hydrogens (tertiary/aromatic N) is 2. The van der Waals surface area contributed by atoms with Gasteiger partial charge in [-0.2, -0.15) is 0 Å². The molecule has 0 atom stereocenters. The average Bonchev–Trinajstić information content (AvgIpc) is 2.48. The molecule has 0 unspecified atom stereocenters. The van der Waals surface area contributed by atoms with Gasteiger partial charge in [0.1, 0.15) is 0 Å². The van der Waals surface area contributed by atoms with E-state index in [0.717, 1.165) is 44.5 Å². The zero-order valence-electron chi connectivity index (χ0n) is 12.2. The summed E-state index contributed by atoms with van der Waals surface area (Å²) < 4.78 is 0. The Morgan fingerprint density at radius 2 is 2.10 bits per heavy atom. The van der Waals surface area contributed by atoms with E-state index in [0.29, 0.717) is 6.54 Å². The number of aromatic nitrogens is 1. The van der Waals surface area contributed by atoms with Gasteiger partial charge in [-0.25, -0.2) is 0 Å². The average molecular weight is 276 g/mol. The van der Waals surface area contributed by atoms with Crippen LogP contribution in [-0.4, -0.2) is 34.0 Å². The van der Waals surface area contributed by atoms with Gasteiger partial charge in [0, 0.05) is 19.3 Å². The van der Waals surface area contributed by atoms with E-state index in [1.54, 1.807) is 6.20 Å². The molecule has 1 saturated carbocycles. The summed E-state index contributed by atoms with van der Waals surface area (Å²) in [5.41, 5.74) is 0.453. The summed E-state index contributed by atoms with van der Waals surface area (Å²) in [4.78, 5) is 18.3. The minimum absolute atomic E-state index is 0.553. The lowest BCUT2D eigenvalue weighted by atomic mass is 9.73. The fourth-order valence-corrected chi connectivity index (χ4v) is 3.10. The van der Waals surface area contributed by atoms with Gasteiger partial charge in [-0.15, -0.1) is 0 Å². The summed E-state index contributed by atoms with van der Waals surface area (Å²) in [6.07, 6.45) is 6.64. The molecular formula is C16H24N2O2. The first-order valence-corrected chi connectivity index (χ1v) is 7.52. The number of carboxylic acid groups (broad SMARTS) is 1. The lowest BCUT2D eigenvalue weighted by Gasteiger charge is -2.37. The maximum atomic E-state index is 11.7. The van der Waals surface area contributed by atoms with Gasteiger partial charge in [0.15, 0.2) is 0 Å². The van der Waals surface area contributed by atoms with E-state index in [9.17, 15) is 9.90 Å². The summed E-state index contributed by atoms with van der Waals surface area (Å²) >= 11 is 0. The zero-order valence-corrected chi connectivity index (χ0v) is 12.2. The highest BCUT2D eigenvalue weighted by Gasteiger charge is 2.40. The highest BCUT2D eigenvalue weighted by Crippen LogP contribution is 2.37. The summed E-state index contributed by atoms with van der Waals surface area (Å²) in [5, 5.41) is 9.66. The van der Waals surface area contributed by atoms with Crippen LogP contribution in [0.3, 0.4) is 0 Å². The Balaban J connectivity index is 2.05. The second kappa shape index (κ2) is 6.84. The first kappa shape index (κ1) is 15.0. The Bertz CT molecular complexity index is 427. The standard InChI is InChI=1S/C16H24N2O2/c1-2-18(12-14-8-4-7-11-17-14)13-16(15(19)20)9-5-3-6-10-16/h4,7-8,11H,2-3,5-6,9-10,12-13H2,1H3,(H,19,20). The van der Waals surface area contributed by atoms with Crippen molar-refractivity contribution in [1.82, 2.24) is 9.88 Å². The zero-order chi connectivity index (χ0) is 14.4. The minimum Gasteiger partial charge on any atom is -0.481 e. The fourth-order valence-electron chi connectivity index (χ4n) is 3.10. The molecule has 1 aromatic heterocycles. The van der Waals surface area contributed by atoms with Crippen molar-refractivity contribution in [2.75, 3.05) is 13.1 Å². The summed E-state index contributed by atoms with van der Waals surface area (Å²) in [6.45, 7) is 4.30. The van der Waals surface area contributed by atoms with Crippen LogP contribution in [-0.2, 0) is 11.3 Å². The smallest absolute Gasteiger partial charge is 0.310 e. The third-order valence-corrected chi connectivity index (χ3v) is 4.35. The molecule has 1 aliphatic rings. The third-order valence-electron chi connectivity index (χ3n) is 4.35. The van der Waals surface area contributed by atoms with Crippen molar-refractivity contribution in [1.29, 1.82) is 0 Å². The van der Waals surface area contributed by atoms with Crippen LogP contribution in [0.4, 0.5) is 0 Å². The van der Waals surface area contributed by atoms with Gasteiger partial charge in [0.2, 0.25) is 0 Å². The molecule has 1 aromatic rings. The summed E-state index contributed by atoms with van der Waals surface area (Å²) in [7, 11) is 0. The minimum atomic E-state index is -0.628. The van der Waals surface area contributed by atoms with Gasteiger partial charge in [-0.1, -0.05) is 32.3 Å². The molecule has 0 radical (unpaired) electrons. The predicted molar refractivity (Wildman–Crippen MR) is 78.3 cm³/mol. The Labute approximate surface area is 120 Å². The van der Waals surface area contributed by atoms with Gasteiger partial charge in [-0.05, 0) is 31.5 Å². The van der Waals surface area contributed by atoms with Gasteiger partial charge < -0.3 is 5.11 Å². The van der Waals surface area contributed by atoms with Crippen molar-refractivity contribution in [2.24, 2.45) is 5.41 Å². The second-order valence-electron chi connectivity index (χ2n) is 5.77. The van der Waals surface area contributed by atoms with Gasteiger partial charge in [0.05, 0.1) is 11.1 Å². The van der Waals surface area contributed by atoms with Crippen LogP contribution in [0.25, 0.3) is 0 Å². The van der Waals surface area contributed by atoms with Crippen LogP contribution >= 0.6 is 0 Å². The van der Waals surface area contributed by atoms with E-state index in [1.807, 2.05) is 18.2 Å². The van der Waals surface area contributed by atoms with Crippen molar-refractivity contribution in [3.05, 3.63) is 30.1 Å². The van der Waals surface area contributed by atoms with Gasteiger partial charge >= 0.3 is 5.97 Å². The summed E-state index contributed by atoms with van der Waals surface area (Å²) in [6, 6.07) is 5.88. The van der Waals surface area contributed by atoms with Crippen LogP contribution in [0.2, 0.25) is 0 Å². The van der Waals surface area contributed by atoms with Crippen LogP contribution in [0, 0.1) is 5.41 Å². The molecule has 0 aromatic carbocycles. The molecule has 0 saturated heterocycles. The lowest BCUT2D eigenvalue weighted by molar-refractivity contribution is -0.152. The molecule has 1 N–H and O–H groups in total. The molecule has 4 nitrogen and oxygen atoms in total.